The van der Waals surface area contributed by atoms with Crippen LogP contribution >= 0.6 is 58.2 Å². The average Bonchev–Trinajstić information content (AvgIpc) is 2.18. The van der Waals surface area contributed by atoms with E-state index >= 15 is 0 Å². The molecule has 0 saturated heterocycles. The second-order valence-electron chi connectivity index (χ2n) is 3.34. The van der Waals surface area contributed by atoms with Gasteiger partial charge in [-0.2, -0.15) is 11.8 Å². The SMILES string of the molecule is ClCCC(Cl)CCSCCC(Cl)CCCl. The van der Waals surface area contributed by atoms with Crippen LogP contribution in [-0.2, 0) is 0 Å². The Hall–Kier alpha value is 1.51. The maximum Gasteiger partial charge on any atom is 0.0355 e. The van der Waals surface area contributed by atoms with E-state index in [0.29, 0.717) is 11.8 Å². The van der Waals surface area contributed by atoms with E-state index in [2.05, 4.69) is 0 Å². The van der Waals surface area contributed by atoms with Gasteiger partial charge >= 0.3 is 0 Å². The van der Waals surface area contributed by atoms with Gasteiger partial charge in [-0.3, -0.25) is 0 Å². The summed E-state index contributed by atoms with van der Waals surface area (Å²) < 4.78 is 0. The highest BCUT2D eigenvalue weighted by atomic mass is 35.5. The summed E-state index contributed by atoms with van der Waals surface area (Å²) in [6, 6.07) is 0. The first-order chi connectivity index (χ1) is 7.20. The lowest BCUT2D eigenvalue weighted by molar-refractivity contribution is 0.782. The Labute approximate surface area is 117 Å². The third kappa shape index (κ3) is 11.8. The molecule has 92 valence electrons. The van der Waals surface area contributed by atoms with Crippen LogP contribution in [0.15, 0.2) is 0 Å². The van der Waals surface area contributed by atoms with Crippen LogP contribution in [0.3, 0.4) is 0 Å². The van der Waals surface area contributed by atoms with Crippen molar-refractivity contribution in [3.05, 3.63) is 0 Å². The average molecular weight is 312 g/mol. The molecule has 0 nitrogen and oxygen atoms in total. The minimum Gasteiger partial charge on any atom is -0.162 e. The monoisotopic (exact) mass is 310 g/mol. The molecule has 0 rings (SSSR count). The van der Waals surface area contributed by atoms with E-state index in [1.54, 1.807) is 0 Å². The summed E-state index contributed by atoms with van der Waals surface area (Å²) in [5.41, 5.74) is 0. The Balaban J connectivity index is 3.17. The molecule has 5 heteroatoms. The van der Waals surface area contributed by atoms with E-state index in [4.69, 9.17) is 46.4 Å². The molecule has 0 fully saturated rings. The van der Waals surface area contributed by atoms with Gasteiger partial charge in [-0.1, -0.05) is 0 Å². The molecule has 2 atom stereocenters. The Kier molecular flexibility index (Phi) is 13.2. The van der Waals surface area contributed by atoms with E-state index < -0.39 is 0 Å². The zero-order valence-electron chi connectivity index (χ0n) is 8.73. The van der Waals surface area contributed by atoms with Crippen LogP contribution < -0.4 is 0 Å². The fraction of sp³-hybridized carbons (Fsp3) is 1.00. The van der Waals surface area contributed by atoms with Gasteiger partial charge in [0, 0.05) is 22.5 Å². The van der Waals surface area contributed by atoms with Crippen molar-refractivity contribution in [3.8, 4) is 0 Å². The summed E-state index contributed by atoms with van der Waals surface area (Å²) in [6.07, 6.45) is 3.85. The minimum absolute atomic E-state index is 0.227. The first-order valence-electron chi connectivity index (χ1n) is 5.18. The maximum atomic E-state index is 6.03. The second kappa shape index (κ2) is 12.0. The molecule has 15 heavy (non-hydrogen) atoms. The fourth-order valence-electron chi connectivity index (χ4n) is 1.05. The zero-order valence-corrected chi connectivity index (χ0v) is 12.6. The maximum absolute atomic E-state index is 6.03. The highest BCUT2D eigenvalue weighted by Crippen LogP contribution is 2.16. The van der Waals surface area contributed by atoms with Gasteiger partial charge in [-0.15, -0.1) is 46.4 Å². The van der Waals surface area contributed by atoms with Gasteiger partial charge in [0.1, 0.15) is 0 Å². The van der Waals surface area contributed by atoms with Crippen LogP contribution in [0.4, 0.5) is 0 Å². The van der Waals surface area contributed by atoms with Gasteiger partial charge in [0.15, 0.2) is 0 Å². The van der Waals surface area contributed by atoms with Crippen molar-refractivity contribution >= 4 is 58.2 Å². The molecular formula is C10H18Cl4S. The number of halogens is 4. The van der Waals surface area contributed by atoms with Crippen molar-refractivity contribution in [3.63, 3.8) is 0 Å². The van der Waals surface area contributed by atoms with Crippen LogP contribution in [0.1, 0.15) is 25.7 Å². The molecule has 0 bridgehead atoms. The molecule has 0 aliphatic carbocycles. The topological polar surface area (TPSA) is 0 Å². The molecule has 2 unspecified atom stereocenters. The van der Waals surface area contributed by atoms with E-state index in [1.165, 1.54) is 0 Å². The van der Waals surface area contributed by atoms with Crippen LogP contribution in [0, 0.1) is 0 Å². The summed E-state index contributed by atoms with van der Waals surface area (Å²) in [7, 11) is 0. The van der Waals surface area contributed by atoms with Gasteiger partial charge < -0.3 is 0 Å². The molecule has 0 radical (unpaired) electrons. The van der Waals surface area contributed by atoms with Gasteiger partial charge in [0.25, 0.3) is 0 Å². The normalized spacial score (nSPS) is 15.2. The molecule has 0 aliphatic heterocycles. The van der Waals surface area contributed by atoms with Gasteiger partial charge in [-0.25, -0.2) is 0 Å². The van der Waals surface area contributed by atoms with Gasteiger partial charge in [0.05, 0.1) is 0 Å². The quantitative estimate of drug-likeness (QED) is 0.405. The largest absolute Gasteiger partial charge is 0.162 e. The van der Waals surface area contributed by atoms with E-state index in [1.807, 2.05) is 11.8 Å². The van der Waals surface area contributed by atoms with Crippen molar-refractivity contribution in [2.45, 2.75) is 36.4 Å². The first kappa shape index (κ1) is 16.5. The Morgan fingerprint density at radius 3 is 1.47 bits per heavy atom. The minimum atomic E-state index is 0.227. The molecule has 0 saturated carbocycles. The highest BCUT2D eigenvalue weighted by Gasteiger charge is 2.05. The highest BCUT2D eigenvalue weighted by molar-refractivity contribution is 7.99. The van der Waals surface area contributed by atoms with Crippen LogP contribution in [0.5, 0.6) is 0 Å². The third-order valence-electron chi connectivity index (χ3n) is 2.00. The standard InChI is InChI=1S/C10H18Cl4S/c11-5-1-9(13)3-7-15-8-4-10(14)2-6-12/h9-10H,1-8H2. The van der Waals surface area contributed by atoms with Crippen molar-refractivity contribution in [1.29, 1.82) is 0 Å². The first-order valence-corrected chi connectivity index (χ1v) is 8.28. The van der Waals surface area contributed by atoms with Crippen molar-refractivity contribution in [2.24, 2.45) is 0 Å². The summed E-state index contributed by atoms with van der Waals surface area (Å²) in [5.74, 6) is 3.49. The third-order valence-corrected chi connectivity index (χ3v) is 4.35. The lowest BCUT2D eigenvalue weighted by Crippen LogP contribution is -2.03. The smallest absolute Gasteiger partial charge is 0.0355 e. The Morgan fingerprint density at radius 2 is 1.13 bits per heavy atom. The number of hydrogen-bond acceptors (Lipinski definition) is 1. The number of hydrogen-bond donors (Lipinski definition) is 0. The van der Waals surface area contributed by atoms with Gasteiger partial charge in [0.2, 0.25) is 0 Å². The number of thioether (sulfide) groups is 1. The molecule has 0 aromatic rings. The summed E-state index contributed by atoms with van der Waals surface area (Å²) in [5, 5.41) is 0.453. The van der Waals surface area contributed by atoms with E-state index in [0.717, 1.165) is 37.2 Å². The van der Waals surface area contributed by atoms with Crippen LogP contribution in [0.25, 0.3) is 0 Å². The van der Waals surface area contributed by atoms with Crippen molar-refractivity contribution in [1.82, 2.24) is 0 Å². The Bertz CT molecular complexity index is 121. The van der Waals surface area contributed by atoms with Crippen molar-refractivity contribution in [2.75, 3.05) is 23.3 Å². The lowest BCUT2D eigenvalue weighted by Gasteiger charge is -2.08. The van der Waals surface area contributed by atoms with Crippen molar-refractivity contribution < 1.29 is 0 Å². The van der Waals surface area contributed by atoms with E-state index in [-0.39, 0.29) is 10.8 Å². The predicted molar refractivity (Wildman–Crippen MR) is 76.5 cm³/mol. The van der Waals surface area contributed by atoms with E-state index in [9.17, 15) is 0 Å². The molecular weight excluding hydrogens is 294 g/mol. The summed E-state index contributed by atoms with van der Waals surface area (Å²) >= 11 is 25.2. The van der Waals surface area contributed by atoms with Gasteiger partial charge in [-0.05, 0) is 37.2 Å². The molecule has 0 aromatic heterocycles. The summed E-state index contributed by atoms with van der Waals surface area (Å²) in [6.45, 7) is 0. The predicted octanol–water partition coefficient (Wildman–Crippen LogP) is 4.97. The van der Waals surface area contributed by atoms with Crippen LogP contribution in [0.2, 0.25) is 0 Å². The summed E-state index contributed by atoms with van der Waals surface area (Å²) in [4.78, 5) is 0. The molecule has 0 amide bonds. The molecule has 0 N–H and O–H groups in total. The lowest BCUT2D eigenvalue weighted by atomic mass is 10.3. The second-order valence-corrected chi connectivity index (χ2v) is 6.55. The number of alkyl halides is 4. The molecule has 0 aromatic carbocycles. The zero-order chi connectivity index (χ0) is 11.5. The fourth-order valence-corrected chi connectivity index (χ4v) is 3.60. The molecule has 0 heterocycles. The Morgan fingerprint density at radius 1 is 0.733 bits per heavy atom. The molecule has 0 spiro atoms. The number of rotatable bonds is 10. The molecule has 0 aliphatic rings. The van der Waals surface area contributed by atoms with Crippen LogP contribution in [-0.4, -0.2) is 34.0 Å².